The van der Waals surface area contributed by atoms with Gasteiger partial charge in [-0.3, -0.25) is 9.59 Å². The van der Waals surface area contributed by atoms with Crippen molar-refractivity contribution in [1.29, 1.82) is 0 Å². The molecule has 0 bridgehead atoms. The summed E-state index contributed by atoms with van der Waals surface area (Å²) in [4.78, 5) is 26.9. The van der Waals surface area contributed by atoms with Gasteiger partial charge in [0.05, 0.1) is 6.10 Å². The van der Waals surface area contributed by atoms with Gasteiger partial charge in [0, 0.05) is 37.8 Å². The SMILES string of the molecule is CC(=O)N1CCc2cc(C(=O)N3CC(OC(F)F)C3)ccc21. The lowest BCUT2D eigenvalue weighted by Crippen LogP contribution is -2.55. The highest BCUT2D eigenvalue weighted by Crippen LogP contribution is 2.29. The fourth-order valence-electron chi connectivity index (χ4n) is 2.88. The Kier molecular flexibility index (Phi) is 3.82. The van der Waals surface area contributed by atoms with Crippen LogP contribution in [0.25, 0.3) is 0 Å². The molecule has 2 aliphatic heterocycles. The first-order valence-electron chi connectivity index (χ1n) is 7.09. The Balaban J connectivity index is 1.67. The van der Waals surface area contributed by atoms with Crippen molar-refractivity contribution >= 4 is 17.5 Å². The summed E-state index contributed by atoms with van der Waals surface area (Å²) < 4.78 is 28.4. The maximum atomic E-state index is 12.3. The van der Waals surface area contributed by atoms with Crippen molar-refractivity contribution in [1.82, 2.24) is 4.90 Å². The Hall–Kier alpha value is -2.02. The molecule has 0 saturated carbocycles. The summed E-state index contributed by atoms with van der Waals surface area (Å²) in [6.07, 6.45) is 0.124. The first-order valence-corrected chi connectivity index (χ1v) is 7.09. The van der Waals surface area contributed by atoms with Crippen LogP contribution >= 0.6 is 0 Å². The number of carbonyl (C=O) groups is 2. The maximum absolute atomic E-state index is 12.3. The largest absolute Gasteiger partial charge is 0.345 e. The van der Waals surface area contributed by atoms with E-state index >= 15 is 0 Å². The van der Waals surface area contributed by atoms with Crippen LogP contribution in [0.5, 0.6) is 0 Å². The number of nitrogens with zero attached hydrogens (tertiary/aromatic N) is 2. The van der Waals surface area contributed by atoms with Gasteiger partial charge in [0.1, 0.15) is 0 Å². The molecule has 0 spiro atoms. The number of amides is 2. The van der Waals surface area contributed by atoms with E-state index in [1.807, 2.05) is 0 Å². The zero-order valence-electron chi connectivity index (χ0n) is 12.1. The second kappa shape index (κ2) is 5.64. The van der Waals surface area contributed by atoms with E-state index in [2.05, 4.69) is 4.74 Å². The molecular formula is C15H16F2N2O3. The van der Waals surface area contributed by atoms with Crippen molar-refractivity contribution in [2.45, 2.75) is 26.1 Å². The van der Waals surface area contributed by atoms with Gasteiger partial charge >= 0.3 is 6.61 Å². The van der Waals surface area contributed by atoms with Gasteiger partial charge in [-0.05, 0) is 30.2 Å². The van der Waals surface area contributed by atoms with Gasteiger partial charge in [0.25, 0.3) is 5.91 Å². The summed E-state index contributed by atoms with van der Waals surface area (Å²) in [5, 5.41) is 0. The number of benzene rings is 1. The quantitative estimate of drug-likeness (QED) is 0.853. The van der Waals surface area contributed by atoms with Gasteiger partial charge < -0.3 is 14.5 Å². The van der Waals surface area contributed by atoms with Crippen molar-refractivity contribution in [2.75, 3.05) is 24.5 Å². The number of rotatable bonds is 3. The second-order valence-corrected chi connectivity index (χ2v) is 5.49. The molecule has 7 heteroatoms. The van der Waals surface area contributed by atoms with E-state index in [1.165, 1.54) is 11.8 Å². The maximum Gasteiger partial charge on any atom is 0.345 e. The van der Waals surface area contributed by atoms with Gasteiger partial charge in [0.2, 0.25) is 5.91 Å². The average Bonchev–Trinajstić information content (AvgIpc) is 2.84. The number of carbonyl (C=O) groups excluding carboxylic acids is 2. The van der Waals surface area contributed by atoms with E-state index in [1.54, 1.807) is 23.1 Å². The summed E-state index contributed by atoms with van der Waals surface area (Å²) >= 11 is 0. The molecule has 0 atom stereocenters. The van der Waals surface area contributed by atoms with Crippen molar-refractivity contribution in [2.24, 2.45) is 0 Å². The summed E-state index contributed by atoms with van der Waals surface area (Å²) in [5.74, 6) is -0.217. The van der Waals surface area contributed by atoms with Gasteiger partial charge in [-0.15, -0.1) is 0 Å². The van der Waals surface area contributed by atoms with Crippen LogP contribution in [-0.2, 0) is 16.0 Å². The first-order chi connectivity index (χ1) is 10.5. The second-order valence-electron chi connectivity index (χ2n) is 5.49. The number of hydrogen-bond donors (Lipinski definition) is 0. The van der Waals surface area contributed by atoms with Crippen LogP contribution in [0.1, 0.15) is 22.8 Å². The van der Waals surface area contributed by atoms with Crippen LogP contribution in [0.4, 0.5) is 14.5 Å². The number of fused-ring (bicyclic) bond motifs is 1. The Morgan fingerprint density at radius 2 is 2.05 bits per heavy atom. The molecule has 118 valence electrons. The lowest BCUT2D eigenvalue weighted by atomic mass is 10.0. The highest BCUT2D eigenvalue weighted by atomic mass is 19.3. The molecule has 1 aromatic carbocycles. The molecule has 5 nitrogen and oxygen atoms in total. The smallest absolute Gasteiger partial charge is 0.333 e. The van der Waals surface area contributed by atoms with E-state index in [0.29, 0.717) is 18.5 Å². The van der Waals surface area contributed by atoms with Crippen LogP contribution in [0, 0.1) is 0 Å². The summed E-state index contributed by atoms with van der Waals surface area (Å²) in [6.45, 7) is -0.312. The summed E-state index contributed by atoms with van der Waals surface area (Å²) in [6, 6.07) is 5.22. The van der Waals surface area contributed by atoms with Crippen LogP contribution < -0.4 is 4.90 Å². The summed E-state index contributed by atoms with van der Waals surface area (Å²) in [5.41, 5.74) is 2.31. The monoisotopic (exact) mass is 310 g/mol. The minimum atomic E-state index is -2.81. The molecule has 3 rings (SSSR count). The molecule has 2 aliphatic rings. The lowest BCUT2D eigenvalue weighted by molar-refractivity contribution is -0.189. The van der Waals surface area contributed by atoms with E-state index < -0.39 is 12.7 Å². The number of likely N-dealkylation sites (tertiary alicyclic amines) is 1. The molecule has 2 heterocycles. The summed E-state index contributed by atoms with van der Waals surface area (Å²) in [7, 11) is 0. The average molecular weight is 310 g/mol. The van der Waals surface area contributed by atoms with Crippen molar-refractivity contribution < 1.29 is 23.1 Å². The van der Waals surface area contributed by atoms with Gasteiger partial charge in [-0.25, -0.2) is 0 Å². The van der Waals surface area contributed by atoms with E-state index in [4.69, 9.17) is 0 Å². The molecule has 0 aromatic heterocycles. The Morgan fingerprint density at radius 3 is 2.68 bits per heavy atom. The Bertz CT molecular complexity index is 615. The van der Waals surface area contributed by atoms with Gasteiger partial charge in [-0.1, -0.05) is 0 Å². The molecule has 2 amide bonds. The number of ether oxygens (including phenoxy) is 1. The fourth-order valence-corrected chi connectivity index (χ4v) is 2.88. The van der Waals surface area contributed by atoms with E-state index in [0.717, 1.165) is 11.3 Å². The van der Waals surface area contributed by atoms with Gasteiger partial charge in [0.15, 0.2) is 0 Å². The lowest BCUT2D eigenvalue weighted by Gasteiger charge is -2.38. The predicted octanol–water partition coefficient (Wildman–Crippen LogP) is 1.66. The molecular weight excluding hydrogens is 294 g/mol. The number of hydrogen-bond acceptors (Lipinski definition) is 3. The minimum absolute atomic E-state index is 0.0208. The first kappa shape index (κ1) is 14.9. The van der Waals surface area contributed by atoms with Crippen molar-refractivity contribution in [3.05, 3.63) is 29.3 Å². The predicted molar refractivity (Wildman–Crippen MR) is 75.0 cm³/mol. The van der Waals surface area contributed by atoms with E-state index in [9.17, 15) is 18.4 Å². The van der Waals surface area contributed by atoms with Gasteiger partial charge in [-0.2, -0.15) is 8.78 Å². The fraction of sp³-hybridized carbons (Fsp3) is 0.467. The molecule has 0 aliphatic carbocycles. The third-order valence-electron chi connectivity index (χ3n) is 4.03. The van der Waals surface area contributed by atoms with Crippen molar-refractivity contribution in [3.8, 4) is 0 Å². The zero-order chi connectivity index (χ0) is 15.9. The number of anilines is 1. The Morgan fingerprint density at radius 1 is 1.32 bits per heavy atom. The number of halogens is 2. The minimum Gasteiger partial charge on any atom is -0.333 e. The molecule has 1 aromatic rings. The standard InChI is InChI=1S/C15H16F2N2O3/c1-9(20)19-5-4-10-6-11(2-3-13(10)19)14(21)18-7-12(8-18)22-15(16)17/h2-3,6,12,15H,4-5,7-8H2,1H3. The van der Waals surface area contributed by atoms with Crippen LogP contribution in [0.15, 0.2) is 18.2 Å². The third kappa shape index (κ3) is 2.68. The molecule has 0 radical (unpaired) electrons. The topological polar surface area (TPSA) is 49.9 Å². The third-order valence-corrected chi connectivity index (χ3v) is 4.03. The van der Waals surface area contributed by atoms with Crippen LogP contribution in [0.2, 0.25) is 0 Å². The normalized spacial score (nSPS) is 17.6. The molecule has 0 unspecified atom stereocenters. The molecule has 1 saturated heterocycles. The molecule has 22 heavy (non-hydrogen) atoms. The number of alkyl halides is 2. The highest BCUT2D eigenvalue weighted by Gasteiger charge is 2.34. The Labute approximate surface area is 126 Å². The van der Waals surface area contributed by atoms with Crippen LogP contribution in [-0.4, -0.2) is 49.1 Å². The van der Waals surface area contributed by atoms with Crippen LogP contribution in [0.3, 0.4) is 0 Å². The van der Waals surface area contributed by atoms with E-state index in [-0.39, 0.29) is 24.9 Å². The molecule has 0 N–H and O–H groups in total. The highest BCUT2D eigenvalue weighted by molar-refractivity contribution is 5.98. The zero-order valence-corrected chi connectivity index (χ0v) is 12.1. The molecule has 1 fully saturated rings. The van der Waals surface area contributed by atoms with Crippen molar-refractivity contribution in [3.63, 3.8) is 0 Å².